The standard InChI is InChI=1S/C18H20FN5/c1-10-3-4-13(19)9-14(10)12-7-15-17(11(2)5-6-22-15)16(8-12)23-24-18(20)21/h3-6,9,12H,7-8H2,1-2H3,(H4,20,21,24)/b23-16+. The molecule has 6 heteroatoms. The van der Waals surface area contributed by atoms with E-state index >= 15 is 0 Å². The number of benzene rings is 1. The molecule has 24 heavy (non-hydrogen) atoms. The molecule has 1 aliphatic rings. The lowest BCUT2D eigenvalue weighted by molar-refractivity contribution is 0.612. The van der Waals surface area contributed by atoms with Crippen molar-refractivity contribution in [1.29, 1.82) is 0 Å². The molecule has 0 saturated heterocycles. The molecule has 1 unspecified atom stereocenters. The van der Waals surface area contributed by atoms with E-state index in [-0.39, 0.29) is 17.7 Å². The number of pyridine rings is 1. The topological polar surface area (TPSA) is 89.6 Å². The van der Waals surface area contributed by atoms with Crippen LogP contribution in [-0.4, -0.2) is 16.7 Å². The Balaban J connectivity index is 2.10. The number of guanidine groups is 1. The number of hydrogen-bond donors (Lipinski definition) is 2. The molecule has 1 atom stereocenters. The van der Waals surface area contributed by atoms with Gasteiger partial charge in [0.05, 0.1) is 11.4 Å². The minimum Gasteiger partial charge on any atom is -0.369 e. The van der Waals surface area contributed by atoms with Crippen LogP contribution in [0.3, 0.4) is 0 Å². The number of aryl methyl sites for hydroxylation is 2. The zero-order valence-electron chi connectivity index (χ0n) is 13.8. The summed E-state index contributed by atoms with van der Waals surface area (Å²) in [7, 11) is 0. The summed E-state index contributed by atoms with van der Waals surface area (Å²) in [6.07, 6.45) is 3.16. The van der Waals surface area contributed by atoms with Gasteiger partial charge in [-0.05, 0) is 67.5 Å². The van der Waals surface area contributed by atoms with Crippen LogP contribution in [0.4, 0.5) is 4.39 Å². The third kappa shape index (κ3) is 3.13. The van der Waals surface area contributed by atoms with Gasteiger partial charge in [-0.15, -0.1) is 5.10 Å². The molecule has 5 nitrogen and oxygen atoms in total. The second kappa shape index (κ2) is 6.39. The van der Waals surface area contributed by atoms with Crippen LogP contribution in [0.2, 0.25) is 0 Å². The Labute approximate surface area is 140 Å². The van der Waals surface area contributed by atoms with Crippen LogP contribution in [0.25, 0.3) is 0 Å². The monoisotopic (exact) mass is 325 g/mol. The van der Waals surface area contributed by atoms with Crippen LogP contribution in [0.15, 0.2) is 40.7 Å². The molecule has 1 aromatic heterocycles. The maximum atomic E-state index is 13.7. The Morgan fingerprint density at radius 2 is 1.96 bits per heavy atom. The van der Waals surface area contributed by atoms with E-state index < -0.39 is 0 Å². The van der Waals surface area contributed by atoms with E-state index in [1.54, 1.807) is 18.3 Å². The van der Waals surface area contributed by atoms with Crippen LogP contribution in [0.1, 0.15) is 40.3 Å². The van der Waals surface area contributed by atoms with Gasteiger partial charge in [0.25, 0.3) is 0 Å². The Kier molecular flexibility index (Phi) is 4.29. The Bertz CT molecular complexity index is 837. The van der Waals surface area contributed by atoms with E-state index in [1.165, 1.54) is 6.07 Å². The van der Waals surface area contributed by atoms with Gasteiger partial charge >= 0.3 is 0 Å². The molecular formula is C18H20FN5. The van der Waals surface area contributed by atoms with Crippen molar-refractivity contribution >= 4 is 11.7 Å². The van der Waals surface area contributed by atoms with Crippen molar-refractivity contribution in [3.8, 4) is 0 Å². The summed E-state index contributed by atoms with van der Waals surface area (Å²) in [6, 6.07) is 6.82. The molecule has 124 valence electrons. The van der Waals surface area contributed by atoms with E-state index in [4.69, 9.17) is 11.5 Å². The van der Waals surface area contributed by atoms with Gasteiger partial charge in [-0.25, -0.2) is 4.39 Å². The predicted molar refractivity (Wildman–Crippen MR) is 93.5 cm³/mol. The number of hydrogen-bond acceptors (Lipinski definition) is 3. The van der Waals surface area contributed by atoms with Crippen LogP contribution in [-0.2, 0) is 6.42 Å². The van der Waals surface area contributed by atoms with Crippen LogP contribution in [0.5, 0.6) is 0 Å². The largest absolute Gasteiger partial charge is 0.369 e. The molecule has 0 amide bonds. The summed E-state index contributed by atoms with van der Waals surface area (Å²) in [5.74, 6) is -0.230. The molecule has 0 saturated carbocycles. The first-order valence-corrected chi connectivity index (χ1v) is 7.82. The van der Waals surface area contributed by atoms with E-state index in [0.717, 1.165) is 40.1 Å². The highest BCUT2D eigenvalue weighted by atomic mass is 19.1. The van der Waals surface area contributed by atoms with E-state index in [2.05, 4.69) is 15.2 Å². The molecule has 0 aliphatic heterocycles. The Hall–Kier alpha value is -2.76. The van der Waals surface area contributed by atoms with Crippen molar-refractivity contribution in [1.82, 2.24) is 4.98 Å². The van der Waals surface area contributed by atoms with Gasteiger partial charge in [0, 0.05) is 11.8 Å². The lowest BCUT2D eigenvalue weighted by Crippen LogP contribution is -2.24. The minimum absolute atomic E-state index is 0.0883. The second-order valence-electron chi connectivity index (χ2n) is 6.13. The first kappa shape index (κ1) is 16.1. The lowest BCUT2D eigenvalue weighted by Gasteiger charge is -2.27. The third-order valence-corrected chi connectivity index (χ3v) is 4.37. The van der Waals surface area contributed by atoms with Crippen molar-refractivity contribution in [2.75, 3.05) is 0 Å². The lowest BCUT2D eigenvalue weighted by atomic mass is 9.79. The third-order valence-electron chi connectivity index (χ3n) is 4.37. The van der Waals surface area contributed by atoms with Crippen molar-refractivity contribution in [3.05, 3.63) is 64.2 Å². The predicted octanol–water partition coefficient (Wildman–Crippen LogP) is 2.55. The molecule has 2 aromatic rings. The Morgan fingerprint density at radius 1 is 1.17 bits per heavy atom. The quantitative estimate of drug-likeness (QED) is 0.505. The smallest absolute Gasteiger partial charge is 0.211 e. The first-order valence-electron chi connectivity index (χ1n) is 7.82. The van der Waals surface area contributed by atoms with Gasteiger partial charge in [0.2, 0.25) is 5.96 Å². The molecule has 0 spiro atoms. The van der Waals surface area contributed by atoms with Gasteiger partial charge in [-0.2, -0.15) is 5.10 Å². The number of nitrogens with zero attached hydrogens (tertiary/aromatic N) is 3. The fourth-order valence-corrected chi connectivity index (χ4v) is 3.28. The fourth-order valence-electron chi connectivity index (χ4n) is 3.28. The van der Waals surface area contributed by atoms with Crippen molar-refractivity contribution in [2.24, 2.45) is 21.7 Å². The normalized spacial score (nSPS) is 18.3. The first-order chi connectivity index (χ1) is 11.5. The maximum absolute atomic E-state index is 13.7. The van der Waals surface area contributed by atoms with Gasteiger partial charge in [0.1, 0.15) is 5.82 Å². The van der Waals surface area contributed by atoms with Crippen molar-refractivity contribution < 1.29 is 4.39 Å². The second-order valence-corrected chi connectivity index (χ2v) is 6.13. The summed E-state index contributed by atoms with van der Waals surface area (Å²) in [5.41, 5.74) is 16.7. The SMILES string of the molecule is Cc1ccc(F)cc1C1C/C(=N\N=C(N)N)c2c(C)ccnc2C1. The molecule has 1 aliphatic carbocycles. The number of aromatic nitrogens is 1. The summed E-state index contributed by atoms with van der Waals surface area (Å²) in [5, 5.41) is 8.05. The fraction of sp³-hybridized carbons (Fsp3) is 0.278. The average molecular weight is 325 g/mol. The molecule has 0 radical (unpaired) electrons. The highest BCUT2D eigenvalue weighted by Crippen LogP contribution is 2.35. The molecule has 0 bridgehead atoms. The van der Waals surface area contributed by atoms with Gasteiger partial charge in [-0.1, -0.05) is 6.07 Å². The van der Waals surface area contributed by atoms with Gasteiger partial charge < -0.3 is 11.5 Å². The number of halogens is 1. The van der Waals surface area contributed by atoms with E-state index in [1.807, 2.05) is 19.9 Å². The van der Waals surface area contributed by atoms with Crippen molar-refractivity contribution in [2.45, 2.75) is 32.6 Å². The van der Waals surface area contributed by atoms with Crippen LogP contribution in [0, 0.1) is 19.7 Å². The van der Waals surface area contributed by atoms with E-state index in [9.17, 15) is 4.39 Å². The molecule has 0 fully saturated rings. The highest BCUT2D eigenvalue weighted by Gasteiger charge is 2.28. The average Bonchev–Trinajstić information content (AvgIpc) is 2.54. The highest BCUT2D eigenvalue weighted by molar-refractivity contribution is 6.04. The summed E-state index contributed by atoms with van der Waals surface area (Å²) in [4.78, 5) is 4.50. The summed E-state index contributed by atoms with van der Waals surface area (Å²) in [6.45, 7) is 4.00. The minimum atomic E-state index is -0.235. The molecular weight excluding hydrogens is 305 g/mol. The van der Waals surface area contributed by atoms with Crippen LogP contribution >= 0.6 is 0 Å². The molecule has 3 rings (SSSR count). The Morgan fingerprint density at radius 3 is 2.71 bits per heavy atom. The number of fused-ring (bicyclic) bond motifs is 1. The van der Waals surface area contributed by atoms with Crippen LogP contribution < -0.4 is 11.5 Å². The zero-order valence-corrected chi connectivity index (χ0v) is 13.8. The zero-order chi connectivity index (χ0) is 17.3. The summed E-state index contributed by atoms with van der Waals surface area (Å²) < 4.78 is 13.7. The molecule has 1 heterocycles. The summed E-state index contributed by atoms with van der Waals surface area (Å²) >= 11 is 0. The maximum Gasteiger partial charge on any atom is 0.211 e. The van der Waals surface area contributed by atoms with E-state index in [0.29, 0.717) is 6.42 Å². The number of nitrogens with two attached hydrogens (primary N) is 2. The van der Waals surface area contributed by atoms with Gasteiger partial charge in [-0.3, -0.25) is 4.98 Å². The van der Waals surface area contributed by atoms with Gasteiger partial charge in [0.15, 0.2) is 0 Å². The molecule has 4 N–H and O–H groups in total. The number of rotatable bonds is 2. The molecule has 1 aromatic carbocycles. The van der Waals surface area contributed by atoms with Crippen molar-refractivity contribution in [3.63, 3.8) is 0 Å².